The first kappa shape index (κ1) is 25.0. The average Bonchev–Trinajstić information content (AvgIpc) is 2.95. The van der Waals surface area contributed by atoms with Gasteiger partial charge in [0.1, 0.15) is 11.6 Å². The van der Waals surface area contributed by atoms with E-state index in [1.54, 1.807) is 34.8 Å². The van der Waals surface area contributed by atoms with Gasteiger partial charge in [-0.05, 0) is 60.5 Å². The van der Waals surface area contributed by atoms with Crippen molar-refractivity contribution in [2.45, 2.75) is 26.3 Å². The number of amides is 2. The fourth-order valence-corrected chi connectivity index (χ4v) is 4.78. The van der Waals surface area contributed by atoms with Gasteiger partial charge in [-0.2, -0.15) is 0 Å². The van der Waals surface area contributed by atoms with Crippen LogP contribution in [0.5, 0.6) is 5.75 Å². The van der Waals surface area contributed by atoms with Crippen molar-refractivity contribution < 1.29 is 9.53 Å². The Labute approximate surface area is 221 Å². The van der Waals surface area contributed by atoms with Gasteiger partial charge >= 0.3 is 6.03 Å². The van der Waals surface area contributed by atoms with Crippen LogP contribution in [0, 0.1) is 0 Å². The van der Waals surface area contributed by atoms with Gasteiger partial charge in [0.2, 0.25) is 0 Å². The molecule has 38 heavy (non-hydrogen) atoms. The summed E-state index contributed by atoms with van der Waals surface area (Å²) in [5.74, 6) is 1.06. The lowest BCUT2D eigenvalue weighted by Gasteiger charge is -2.30. The van der Waals surface area contributed by atoms with E-state index in [4.69, 9.17) is 9.72 Å². The van der Waals surface area contributed by atoms with Gasteiger partial charge in [-0.15, -0.1) is 0 Å². The van der Waals surface area contributed by atoms with E-state index < -0.39 is 6.04 Å². The van der Waals surface area contributed by atoms with Gasteiger partial charge in [-0.3, -0.25) is 9.36 Å². The Hall–Kier alpha value is -4.65. The minimum atomic E-state index is -0.506. The van der Waals surface area contributed by atoms with Crippen molar-refractivity contribution in [1.29, 1.82) is 0 Å². The van der Waals surface area contributed by atoms with Crippen molar-refractivity contribution in [2.75, 3.05) is 19.0 Å². The summed E-state index contributed by atoms with van der Waals surface area (Å²) in [4.78, 5) is 34.1. The molecule has 1 heterocycles. The highest BCUT2D eigenvalue weighted by Gasteiger charge is 2.27. The van der Waals surface area contributed by atoms with Crippen LogP contribution in [-0.2, 0) is 0 Å². The quantitative estimate of drug-likeness (QED) is 0.271. The number of aromatic nitrogens is 2. The predicted molar refractivity (Wildman–Crippen MR) is 152 cm³/mol. The Morgan fingerprint density at radius 3 is 2.47 bits per heavy atom. The molecule has 0 aliphatic heterocycles. The van der Waals surface area contributed by atoms with E-state index in [0.29, 0.717) is 40.4 Å². The molecular formula is C31H30N4O3. The molecular weight excluding hydrogens is 476 g/mol. The van der Waals surface area contributed by atoms with E-state index >= 15 is 0 Å². The Balaban J connectivity index is 1.64. The Morgan fingerprint density at radius 2 is 1.68 bits per heavy atom. The highest BCUT2D eigenvalue weighted by atomic mass is 16.5. The lowest BCUT2D eigenvalue weighted by molar-refractivity contribution is 0.189. The lowest BCUT2D eigenvalue weighted by atomic mass is 10.1. The highest BCUT2D eigenvalue weighted by molar-refractivity contribution is 5.91. The summed E-state index contributed by atoms with van der Waals surface area (Å²) in [6.07, 6.45) is 0.734. The average molecular weight is 507 g/mol. The standard InChI is InChI=1S/C31H30N4O3/c1-4-19-34(31(37)33-27-15-9-10-16-28(27)38-3)21(2)29-32-26-14-8-7-13-25(26)30(36)35(29)24-18-17-22-11-5-6-12-23(22)20-24/h5-18,20-21H,4,19H2,1-3H3,(H,33,37). The van der Waals surface area contributed by atoms with Crippen LogP contribution in [0.25, 0.3) is 27.4 Å². The normalized spacial score (nSPS) is 11.9. The van der Waals surface area contributed by atoms with Crippen LogP contribution >= 0.6 is 0 Å². The summed E-state index contributed by atoms with van der Waals surface area (Å²) >= 11 is 0. The van der Waals surface area contributed by atoms with Crippen LogP contribution in [0.1, 0.15) is 32.1 Å². The number of benzene rings is 4. The molecule has 1 unspecified atom stereocenters. The maximum Gasteiger partial charge on any atom is 0.322 e. The van der Waals surface area contributed by atoms with Crippen molar-refractivity contribution in [1.82, 2.24) is 14.5 Å². The van der Waals surface area contributed by atoms with Crippen LogP contribution in [0.2, 0.25) is 0 Å². The molecule has 5 aromatic rings. The molecule has 7 heteroatoms. The number of rotatable bonds is 7. The highest BCUT2D eigenvalue weighted by Crippen LogP contribution is 2.28. The minimum absolute atomic E-state index is 0.172. The Kier molecular flexibility index (Phi) is 7.09. The molecule has 0 fully saturated rings. The van der Waals surface area contributed by atoms with Crippen molar-refractivity contribution in [3.63, 3.8) is 0 Å². The van der Waals surface area contributed by atoms with E-state index in [1.165, 1.54) is 0 Å². The fraction of sp³-hybridized carbons (Fsp3) is 0.194. The van der Waals surface area contributed by atoms with E-state index in [0.717, 1.165) is 17.2 Å². The van der Waals surface area contributed by atoms with Crippen molar-refractivity contribution in [2.24, 2.45) is 0 Å². The van der Waals surface area contributed by atoms with Gasteiger partial charge in [0, 0.05) is 6.54 Å². The number of urea groups is 1. The molecule has 1 N–H and O–H groups in total. The molecule has 5 rings (SSSR count). The smallest absolute Gasteiger partial charge is 0.322 e. The first-order chi connectivity index (χ1) is 18.5. The van der Waals surface area contributed by atoms with Crippen molar-refractivity contribution in [3.05, 3.63) is 107 Å². The molecule has 2 amide bonds. The number of methoxy groups -OCH3 is 1. The molecule has 0 spiro atoms. The zero-order chi connectivity index (χ0) is 26.6. The van der Waals surface area contributed by atoms with Gasteiger partial charge in [0.15, 0.2) is 0 Å². The van der Waals surface area contributed by atoms with Gasteiger partial charge in [-0.1, -0.05) is 61.5 Å². The molecule has 0 saturated carbocycles. The number of anilines is 1. The second-order valence-electron chi connectivity index (χ2n) is 9.16. The van der Waals surface area contributed by atoms with Crippen molar-refractivity contribution >= 4 is 33.4 Å². The van der Waals surface area contributed by atoms with E-state index in [-0.39, 0.29) is 11.6 Å². The molecule has 1 aromatic heterocycles. The number of hydrogen-bond donors (Lipinski definition) is 1. The molecule has 192 valence electrons. The minimum Gasteiger partial charge on any atom is -0.495 e. The SMILES string of the molecule is CCCN(C(=O)Nc1ccccc1OC)C(C)c1nc2ccccc2c(=O)n1-c1ccc2ccccc2c1. The first-order valence-electron chi connectivity index (χ1n) is 12.7. The molecule has 1 atom stereocenters. The molecule has 0 radical (unpaired) electrons. The lowest BCUT2D eigenvalue weighted by Crippen LogP contribution is -2.40. The van der Waals surface area contributed by atoms with E-state index in [1.807, 2.05) is 86.6 Å². The van der Waals surface area contributed by atoms with Crippen molar-refractivity contribution in [3.8, 4) is 11.4 Å². The molecule has 0 bridgehead atoms. The summed E-state index contributed by atoms with van der Waals surface area (Å²) in [5.41, 5.74) is 1.70. The number of ether oxygens (including phenoxy) is 1. The van der Waals surface area contributed by atoms with Crippen LogP contribution in [0.4, 0.5) is 10.5 Å². The summed E-state index contributed by atoms with van der Waals surface area (Å²) < 4.78 is 7.05. The van der Waals surface area contributed by atoms with Gasteiger partial charge in [-0.25, -0.2) is 9.78 Å². The third kappa shape index (κ3) is 4.70. The third-order valence-electron chi connectivity index (χ3n) is 6.71. The summed E-state index contributed by atoms with van der Waals surface area (Å²) in [7, 11) is 1.57. The number of nitrogens with zero attached hydrogens (tertiary/aromatic N) is 3. The number of carbonyl (C=O) groups excluding carboxylic acids is 1. The Morgan fingerprint density at radius 1 is 0.974 bits per heavy atom. The number of fused-ring (bicyclic) bond motifs is 2. The number of carbonyl (C=O) groups is 1. The second kappa shape index (κ2) is 10.8. The second-order valence-corrected chi connectivity index (χ2v) is 9.16. The summed E-state index contributed by atoms with van der Waals surface area (Å²) in [6.45, 7) is 4.40. The number of nitrogens with one attached hydrogen (secondary N) is 1. The zero-order valence-electron chi connectivity index (χ0n) is 21.7. The first-order valence-corrected chi connectivity index (χ1v) is 12.7. The molecule has 0 aliphatic rings. The molecule has 0 saturated heterocycles. The Bertz CT molecular complexity index is 1680. The van der Waals surface area contributed by atoms with Crippen LogP contribution in [0.15, 0.2) is 95.8 Å². The third-order valence-corrected chi connectivity index (χ3v) is 6.71. The summed E-state index contributed by atoms with van der Waals surface area (Å²) in [6, 6.07) is 27.7. The summed E-state index contributed by atoms with van der Waals surface area (Å²) in [5, 5.41) is 5.60. The van der Waals surface area contributed by atoms with E-state index in [9.17, 15) is 9.59 Å². The molecule has 0 aliphatic carbocycles. The molecule has 7 nitrogen and oxygen atoms in total. The van der Waals surface area contributed by atoms with E-state index in [2.05, 4.69) is 5.32 Å². The van der Waals surface area contributed by atoms with Gasteiger partial charge in [0.05, 0.1) is 35.4 Å². The number of para-hydroxylation sites is 3. The fourth-order valence-electron chi connectivity index (χ4n) is 4.78. The maximum absolute atomic E-state index is 13.9. The monoisotopic (exact) mass is 506 g/mol. The van der Waals surface area contributed by atoms with Gasteiger partial charge < -0.3 is 15.0 Å². The largest absolute Gasteiger partial charge is 0.495 e. The maximum atomic E-state index is 13.9. The molecule has 4 aromatic carbocycles. The van der Waals surface area contributed by atoms with Crippen LogP contribution < -0.4 is 15.6 Å². The van der Waals surface area contributed by atoms with Gasteiger partial charge in [0.25, 0.3) is 5.56 Å². The van der Waals surface area contributed by atoms with Crippen LogP contribution in [0.3, 0.4) is 0 Å². The number of hydrogen-bond acceptors (Lipinski definition) is 4. The zero-order valence-corrected chi connectivity index (χ0v) is 21.7. The predicted octanol–water partition coefficient (Wildman–Crippen LogP) is 6.55. The van der Waals surface area contributed by atoms with Crippen LogP contribution in [-0.4, -0.2) is 34.1 Å². The topological polar surface area (TPSA) is 76.5 Å².